The second-order valence-corrected chi connectivity index (χ2v) is 23.9. The van der Waals surface area contributed by atoms with Crippen LogP contribution in [0.4, 0.5) is 17.3 Å². The predicted molar refractivity (Wildman–Crippen MR) is 337 cm³/mol. The first kappa shape index (κ1) is 48.7. The Morgan fingerprint density at radius 2 is 0.759 bits per heavy atom. The van der Waals surface area contributed by atoms with Crippen LogP contribution in [0.5, 0.6) is 0 Å². The zero-order chi connectivity index (χ0) is 55.9. The highest BCUT2D eigenvalue weighted by atomic mass is 15.3. The van der Waals surface area contributed by atoms with Crippen LogP contribution >= 0.6 is 0 Å². The van der Waals surface area contributed by atoms with Crippen molar-refractivity contribution >= 4 is 39.1 Å². The molecule has 4 heterocycles. The SMILES string of the molecule is CC1(C)c2cc(-c3ccc4c(c3)-c3ccc5c(c3C4(C)C)N(c3nc(-c4ccccc4)nc(-c4ccccc4)n3)c3ccccc3C5(C)C)ccc2-c2cc3c(cc21)c1ccccc1n3-c1nc(-c2ccccc2)nc(-c2ccccc2)n1. The fraction of sp³-hybridized carbons (Fsp3) is 0.120. The molecule has 3 aliphatic rings. The van der Waals surface area contributed by atoms with Crippen LogP contribution in [0, 0.1) is 0 Å². The number of para-hydroxylation sites is 2. The minimum absolute atomic E-state index is 0.293. The van der Waals surface area contributed by atoms with Crippen molar-refractivity contribution < 1.29 is 0 Å². The zero-order valence-electron chi connectivity index (χ0n) is 47.0. The van der Waals surface area contributed by atoms with Gasteiger partial charge in [-0.2, -0.15) is 19.9 Å². The van der Waals surface area contributed by atoms with Crippen molar-refractivity contribution in [3.8, 4) is 84.9 Å². The van der Waals surface area contributed by atoms with Gasteiger partial charge in [0, 0.05) is 49.3 Å². The van der Waals surface area contributed by atoms with Crippen LogP contribution in [0.25, 0.3) is 107 Å². The quantitative estimate of drug-likeness (QED) is 0.157. The van der Waals surface area contributed by atoms with Gasteiger partial charge in [-0.05, 0) is 103 Å². The number of benzene rings is 10. The van der Waals surface area contributed by atoms with E-state index in [9.17, 15) is 0 Å². The first-order valence-corrected chi connectivity index (χ1v) is 28.6. The molecule has 0 amide bonds. The Kier molecular flexibility index (Phi) is 10.5. The number of hydrogen-bond acceptors (Lipinski definition) is 7. The molecule has 83 heavy (non-hydrogen) atoms. The third-order valence-electron chi connectivity index (χ3n) is 18.1. The summed E-state index contributed by atoms with van der Waals surface area (Å²) in [7, 11) is 0. The monoisotopic (exact) mass is 1070 g/mol. The molecule has 0 bridgehead atoms. The molecule has 0 N–H and O–H groups in total. The summed E-state index contributed by atoms with van der Waals surface area (Å²) in [5.41, 5.74) is 22.0. The molecule has 10 aromatic carbocycles. The maximum Gasteiger partial charge on any atom is 0.238 e. The largest absolute Gasteiger partial charge is 0.278 e. The van der Waals surface area contributed by atoms with Gasteiger partial charge in [-0.3, -0.25) is 9.47 Å². The van der Waals surface area contributed by atoms with E-state index in [2.05, 4.69) is 209 Å². The molecule has 3 aromatic heterocycles. The third kappa shape index (κ3) is 7.31. The zero-order valence-corrected chi connectivity index (χ0v) is 47.0. The minimum Gasteiger partial charge on any atom is -0.278 e. The lowest BCUT2D eigenvalue weighted by Gasteiger charge is -2.43. The molecule has 0 atom stereocenters. The average Bonchev–Trinajstić information content (AvgIpc) is 2.27. The highest BCUT2D eigenvalue weighted by Gasteiger charge is 2.46. The van der Waals surface area contributed by atoms with E-state index in [1.807, 2.05) is 72.8 Å². The summed E-state index contributed by atoms with van der Waals surface area (Å²) >= 11 is 0. The van der Waals surface area contributed by atoms with Gasteiger partial charge in [-0.15, -0.1) is 0 Å². The van der Waals surface area contributed by atoms with E-state index in [-0.39, 0.29) is 16.2 Å². The van der Waals surface area contributed by atoms with E-state index < -0.39 is 0 Å². The van der Waals surface area contributed by atoms with E-state index in [0.29, 0.717) is 35.2 Å². The Morgan fingerprint density at radius 1 is 0.289 bits per heavy atom. The molecule has 0 radical (unpaired) electrons. The molecule has 8 heteroatoms. The maximum absolute atomic E-state index is 5.40. The molecular weight excluding hydrogens is 1010 g/mol. The van der Waals surface area contributed by atoms with Gasteiger partial charge in [0.1, 0.15) is 0 Å². The number of anilines is 3. The standard InChI is InChI=1S/C75H56N8/c1-73(2)58-32-20-22-34-63(58)83(72-80-69(47-27-15-9-16-28-47)77-70(81-72)48-29-17-10-18-30-48)66-59(73)40-38-53-54-41-49(36-39-57(54)75(5,6)65(53)66)50-35-37-51-55-44-64-56(43-61(55)74(3,4)60(51)42-50)52-31-19-21-33-62(52)82(64)71-78-67(45-23-11-7-12-24-45)76-68(79-71)46-25-13-8-14-26-46/h7-44H,1-6H3. The van der Waals surface area contributed by atoms with Crippen molar-refractivity contribution in [1.82, 2.24) is 34.5 Å². The van der Waals surface area contributed by atoms with Crippen LogP contribution in [0.3, 0.4) is 0 Å². The van der Waals surface area contributed by atoms with Crippen molar-refractivity contribution in [1.29, 1.82) is 0 Å². The van der Waals surface area contributed by atoms with Gasteiger partial charge in [-0.25, -0.2) is 9.97 Å². The van der Waals surface area contributed by atoms with Gasteiger partial charge in [0.25, 0.3) is 0 Å². The smallest absolute Gasteiger partial charge is 0.238 e. The molecule has 2 aliphatic carbocycles. The van der Waals surface area contributed by atoms with Crippen molar-refractivity contribution in [2.75, 3.05) is 4.90 Å². The first-order chi connectivity index (χ1) is 40.4. The van der Waals surface area contributed by atoms with Gasteiger partial charge >= 0.3 is 0 Å². The number of hydrogen-bond donors (Lipinski definition) is 0. The van der Waals surface area contributed by atoms with Crippen molar-refractivity contribution in [2.45, 2.75) is 57.8 Å². The van der Waals surface area contributed by atoms with Gasteiger partial charge < -0.3 is 0 Å². The lowest BCUT2D eigenvalue weighted by Crippen LogP contribution is -2.34. The Morgan fingerprint density at radius 3 is 1.37 bits per heavy atom. The van der Waals surface area contributed by atoms with Gasteiger partial charge in [0.2, 0.25) is 11.9 Å². The predicted octanol–water partition coefficient (Wildman–Crippen LogP) is 18.2. The lowest BCUT2D eigenvalue weighted by molar-refractivity contribution is 0.616. The van der Waals surface area contributed by atoms with Crippen LogP contribution < -0.4 is 4.90 Å². The summed E-state index contributed by atoms with van der Waals surface area (Å²) in [5.74, 6) is 3.69. The fourth-order valence-corrected chi connectivity index (χ4v) is 13.9. The van der Waals surface area contributed by atoms with E-state index in [0.717, 1.165) is 50.0 Å². The van der Waals surface area contributed by atoms with Crippen LogP contribution in [-0.4, -0.2) is 34.5 Å². The summed E-state index contributed by atoms with van der Waals surface area (Å²) in [6.07, 6.45) is 0. The molecule has 0 saturated carbocycles. The van der Waals surface area contributed by atoms with Crippen LogP contribution in [0.2, 0.25) is 0 Å². The fourth-order valence-electron chi connectivity index (χ4n) is 13.9. The van der Waals surface area contributed by atoms with Gasteiger partial charge in [0.15, 0.2) is 23.3 Å². The maximum atomic E-state index is 5.40. The van der Waals surface area contributed by atoms with E-state index >= 15 is 0 Å². The molecule has 396 valence electrons. The second kappa shape index (κ2) is 17.9. The number of rotatable bonds is 7. The highest BCUT2D eigenvalue weighted by Crippen LogP contribution is 2.61. The molecule has 0 fully saturated rings. The van der Waals surface area contributed by atoms with E-state index in [1.54, 1.807) is 0 Å². The van der Waals surface area contributed by atoms with E-state index in [4.69, 9.17) is 29.9 Å². The van der Waals surface area contributed by atoms with Crippen LogP contribution in [0.15, 0.2) is 231 Å². The second-order valence-electron chi connectivity index (χ2n) is 23.9. The molecule has 16 rings (SSSR count). The summed E-state index contributed by atoms with van der Waals surface area (Å²) in [4.78, 5) is 33.8. The lowest BCUT2D eigenvalue weighted by atomic mass is 9.70. The summed E-state index contributed by atoms with van der Waals surface area (Å²) in [5, 5.41) is 2.32. The number of aromatic nitrogens is 7. The third-order valence-corrected chi connectivity index (χ3v) is 18.1. The molecule has 8 nitrogen and oxygen atoms in total. The number of fused-ring (bicyclic) bond motifs is 12. The molecule has 0 saturated heterocycles. The minimum atomic E-state index is -0.380. The van der Waals surface area contributed by atoms with Crippen molar-refractivity contribution in [3.05, 3.63) is 264 Å². The van der Waals surface area contributed by atoms with E-state index in [1.165, 1.54) is 72.1 Å². The summed E-state index contributed by atoms with van der Waals surface area (Å²) in [6.45, 7) is 14.2. The Balaban J connectivity index is 0.835. The summed E-state index contributed by atoms with van der Waals surface area (Å²) in [6, 6.07) is 82.2. The van der Waals surface area contributed by atoms with Crippen molar-refractivity contribution in [3.63, 3.8) is 0 Å². The Hall–Kier alpha value is -10.2. The van der Waals surface area contributed by atoms with Gasteiger partial charge in [0.05, 0.1) is 22.4 Å². The van der Waals surface area contributed by atoms with Crippen molar-refractivity contribution in [2.24, 2.45) is 0 Å². The Bertz CT molecular complexity index is 4700. The highest BCUT2D eigenvalue weighted by molar-refractivity contribution is 6.11. The molecule has 0 spiro atoms. The number of nitrogens with zero attached hydrogens (tertiary/aromatic N) is 8. The van der Waals surface area contributed by atoms with Crippen LogP contribution in [0.1, 0.15) is 74.9 Å². The molecular formula is C75H56N8. The molecule has 13 aromatic rings. The molecule has 1 aliphatic heterocycles. The Labute approximate surface area is 482 Å². The van der Waals surface area contributed by atoms with Gasteiger partial charge in [-0.1, -0.05) is 236 Å². The average molecular weight is 1070 g/mol. The topological polar surface area (TPSA) is 85.5 Å². The summed E-state index contributed by atoms with van der Waals surface area (Å²) < 4.78 is 2.23. The normalized spacial score (nSPS) is 14.7. The van der Waals surface area contributed by atoms with Crippen LogP contribution in [-0.2, 0) is 16.2 Å². The first-order valence-electron chi connectivity index (χ1n) is 28.6. The molecule has 0 unspecified atom stereocenters.